The predicted octanol–water partition coefficient (Wildman–Crippen LogP) is 3.87. The second kappa shape index (κ2) is 5.19. The molecule has 17 heavy (non-hydrogen) atoms. The second-order valence-corrected chi connectivity index (χ2v) is 6.23. The number of hydrogen-bond donors (Lipinski definition) is 1. The van der Waals surface area contributed by atoms with Crippen molar-refractivity contribution < 1.29 is 0 Å². The molecule has 0 saturated carbocycles. The monoisotopic (exact) mass is 468 g/mol. The van der Waals surface area contributed by atoms with Crippen molar-refractivity contribution in [3.63, 3.8) is 0 Å². The van der Waals surface area contributed by atoms with Gasteiger partial charge >= 0.3 is 0 Å². The van der Waals surface area contributed by atoms with E-state index in [-0.39, 0.29) is 5.56 Å². The van der Waals surface area contributed by atoms with Crippen LogP contribution < -0.4 is 5.56 Å². The highest BCUT2D eigenvalue weighted by Crippen LogP contribution is 2.27. The van der Waals surface area contributed by atoms with Crippen LogP contribution in [0.1, 0.15) is 5.69 Å². The van der Waals surface area contributed by atoms with Crippen LogP contribution >= 0.6 is 54.5 Å². The maximum Gasteiger partial charge on any atom is 0.264 e. The summed E-state index contributed by atoms with van der Waals surface area (Å²) >= 11 is 8.82. The third-order valence-electron chi connectivity index (χ3n) is 2.22. The Balaban J connectivity index is 2.61. The molecule has 0 fully saturated rings. The summed E-state index contributed by atoms with van der Waals surface area (Å²) in [7, 11) is 0. The Morgan fingerprint density at radius 2 is 2.00 bits per heavy atom. The number of benzene rings is 1. The van der Waals surface area contributed by atoms with Gasteiger partial charge in [0.2, 0.25) is 0 Å². The zero-order chi connectivity index (χ0) is 12.6. The molecule has 0 bridgehead atoms. The minimum atomic E-state index is -0.104. The Labute approximate surface area is 128 Å². The topological polar surface area (TPSA) is 45.8 Å². The van der Waals surface area contributed by atoms with Gasteiger partial charge in [-0.05, 0) is 73.5 Å². The molecule has 0 aliphatic carbocycles. The van der Waals surface area contributed by atoms with Crippen molar-refractivity contribution in [3.05, 3.63) is 46.8 Å². The molecule has 0 spiro atoms. The van der Waals surface area contributed by atoms with Crippen molar-refractivity contribution in [3.8, 4) is 11.4 Å². The third kappa shape index (κ3) is 2.79. The average Bonchev–Trinajstić information content (AvgIpc) is 2.29. The lowest BCUT2D eigenvalue weighted by molar-refractivity contribution is 1.05. The number of nitrogens with one attached hydrogen (secondary N) is 1. The van der Waals surface area contributed by atoms with Gasteiger partial charge in [-0.1, -0.05) is 6.07 Å². The first-order chi connectivity index (χ1) is 7.99. The van der Waals surface area contributed by atoms with Crippen molar-refractivity contribution in [2.45, 2.75) is 6.92 Å². The average molecular weight is 470 g/mol. The van der Waals surface area contributed by atoms with E-state index in [0.29, 0.717) is 9.39 Å². The lowest BCUT2D eigenvalue weighted by Gasteiger charge is -2.05. The van der Waals surface area contributed by atoms with Crippen LogP contribution in [0, 0.1) is 10.5 Å². The molecule has 0 unspecified atom stereocenters. The van der Waals surface area contributed by atoms with Crippen LogP contribution in [0.25, 0.3) is 11.4 Å². The van der Waals surface area contributed by atoms with Crippen LogP contribution in [-0.4, -0.2) is 9.97 Å². The minimum absolute atomic E-state index is 0.104. The van der Waals surface area contributed by atoms with Gasteiger partial charge in [0.1, 0.15) is 5.82 Å². The molecule has 0 aliphatic rings. The Morgan fingerprint density at radius 3 is 2.59 bits per heavy atom. The van der Waals surface area contributed by atoms with Crippen LogP contribution in [0.5, 0.6) is 0 Å². The maximum absolute atomic E-state index is 11.7. The smallest absolute Gasteiger partial charge is 0.264 e. The summed E-state index contributed by atoms with van der Waals surface area (Å²) in [5, 5.41) is 0. The summed E-state index contributed by atoms with van der Waals surface area (Å²) in [5.41, 5.74) is 1.51. The van der Waals surface area contributed by atoms with Crippen LogP contribution in [0.3, 0.4) is 0 Å². The summed E-state index contributed by atoms with van der Waals surface area (Å²) in [6.07, 6.45) is 0. The van der Waals surface area contributed by atoms with Gasteiger partial charge < -0.3 is 4.98 Å². The number of halogens is 3. The largest absolute Gasteiger partial charge is 0.306 e. The van der Waals surface area contributed by atoms with Crippen molar-refractivity contribution >= 4 is 54.5 Å². The van der Waals surface area contributed by atoms with Crippen molar-refractivity contribution in [1.82, 2.24) is 9.97 Å². The molecular formula is C11H7Br2IN2O. The molecule has 0 aliphatic heterocycles. The molecule has 2 aromatic rings. The van der Waals surface area contributed by atoms with Crippen LogP contribution in [0.4, 0.5) is 0 Å². The number of aromatic amines is 1. The summed E-state index contributed by atoms with van der Waals surface area (Å²) in [6, 6.07) is 5.72. The van der Waals surface area contributed by atoms with Crippen molar-refractivity contribution in [2.24, 2.45) is 0 Å². The SMILES string of the molecule is Cc1nc(-c2ccc(Br)c(Br)c2)[nH]c(=O)c1I. The Kier molecular flexibility index (Phi) is 4.04. The van der Waals surface area contributed by atoms with E-state index in [2.05, 4.69) is 41.8 Å². The molecule has 1 aromatic carbocycles. The van der Waals surface area contributed by atoms with Gasteiger partial charge in [0.25, 0.3) is 5.56 Å². The fraction of sp³-hybridized carbons (Fsp3) is 0.0909. The standard InChI is InChI=1S/C11H7Br2IN2O/c1-5-9(14)11(17)16-10(15-5)6-2-3-7(12)8(13)4-6/h2-4H,1H3,(H,15,16,17). The number of rotatable bonds is 1. The summed E-state index contributed by atoms with van der Waals surface area (Å²) in [5.74, 6) is 0.584. The second-order valence-electron chi connectivity index (χ2n) is 3.44. The zero-order valence-electron chi connectivity index (χ0n) is 8.72. The fourth-order valence-electron chi connectivity index (χ4n) is 1.35. The van der Waals surface area contributed by atoms with E-state index in [9.17, 15) is 4.79 Å². The Bertz CT molecular complexity index is 640. The van der Waals surface area contributed by atoms with E-state index in [1.54, 1.807) is 0 Å². The van der Waals surface area contributed by atoms with Gasteiger partial charge in [-0.2, -0.15) is 0 Å². The molecule has 6 heteroatoms. The molecule has 3 nitrogen and oxygen atoms in total. The van der Waals surface area contributed by atoms with Gasteiger partial charge in [0.15, 0.2) is 0 Å². The molecular weight excluding hydrogens is 463 g/mol. The highest BCUT2D eigenvalue weighted by atomic mass is 127. The van der Waals surface area contributed by atoms with E-state index in [4.69, 9.17) is 0 Å². The number of hydrogen-bond acceptors (Lipinski definition) is 2. The van der Waals surface area contributed by atoms with Crippen molar-refractivity contribution in [2.75, 3.05) is 0 Å². The number of aryl methyl sites for hydroxylation is 1. The molecule has 1 aromatic heterocycles. The molecule has 1 heterocycles. The van der Waals surface area contributed by atoms with E-state index in [1.807, 2.05) is 47.7 Å². The first kappa shape index (κ1) is 13.2. The molecule has 0 radical (unpaired) electrons. The van der Waals surface area contributed by atoms with E-state index < -0.39 is 0 Å². The van der Waals surface area contributed by atoms with Crippen LogP contribution in [0.2, 0.25) is 0 Å². The summed E-state index contributed by atoms with van der Waals surface area (Å²) < 4.78 is 2.52. The van der Waals surface area contributed by atoms with Crippen LogP contribution in [0.15, 0.2) is 31.9 Å². The highest BCUT2D eigenvalue weighted by Gasteiger charge is 2.08. The lowest BCUT2D eigenvalue weighted by atomic mass is 10.2. The molecule has 0 saturated heterocycles. The highest BCUT2D eigenvalue weighted by molar-refractivity contribution is 14.1. The fourth-order valence-corrected chi connectivity index (χ4v) is 2.23. The van der Waals surface area contributed by atoms with Gasteiger partial charge in [-0.25, -0.2) is 4.98 Å². The van der Waals surface area contributed by atoms with E-state index in [1.165, 1.54) is 0 Å². The third-order valence-corrected chi connectivity index (χ3v) is 5.37. The first-order valence-corrected chi connectivity index (χ1v) is 7.37. The van der Waals surface area contributed by atoms with Crippen molar-refractivity contribution in [1.29, 1.82) is 0 Å². The molecule has 2 rings (SSSR count). The number of aromatic nitrogens is 2. The zero-order valence-corrected chi connectivity index (χ0v) is 14.1. The summed E-state index contributed by atoms with van der Waals surface area (Å²) in [6.45, 7) is 1.83. The lowest BCUT2D eigenvalue weighted by Crippen LogP contribution is -2.14. The van der Waals surface area contributed by atoms with Gasteiger partial charge in [-0.15, -0.1) is 0 Å². The molecule has 1 N–H and O–H groups in total. The van der Waals surface area contributed by atoms with E-state index >= 15 is 0 Å². The Morgan fingerprint density at radius 1 is 1.29 bits per heavy atom. The number of H-pyrrole nitrogens is 1. The van der Waals surface area contributed by atoms with Gasteiger partial charge in [0.05, 0.1) is 9.26 Å². The molecule has 0 atom stereocenters. The van der Waals surface area contributed by atoms with Gasteiger partial charge in [-0.3, -0.25) is 4.79 Å². The Hall–Kier alpha value is -0.210. The van der Waals surface area contributed by atoms with Crippen LogP contribution in [-0.2, 0) is 0 Å². The first-order valence-electron chi connectivity index (χ1n) is 4.71. The van der Waals surface area contributed by atoms with E-state index in [0.717, 1.165) is 20.2 Å². The predicted molar refractivity (Wildman–Crippen MR) is 83.1 cm³/mol. The van der Waals surface area contributed by atoms with Gasteiger partial charge in [0, 0.05) is 14.5 Å². The number of nitrogens with zero attached hydrogens (tertiary/aromatic N) is 1. The molecule has 0 amide bonds. The normalized spacial score (nSPS) is 10.6. The summed E-state index contributed by atoms with van der Waals surface area (Å²) in [4.78, 5) is 18.8. The molecule has 88 valence electrons. The quantitative estimate of drug-likeness (QED) is 0.644. The maximum atomic E-state index is 11.7. The minimum Gasteiger partial charge on any atom is -0.306 e.